The zero-order valence-corrected chi connectivity index (χ0v) is 21.6. The van der Waals surface area contributed by atoms with Gasteiger partial charge in [-0.2, -0.15) is 0 Å². The van der Waals surface area contributed by atoms with Gasteiger partial charge in [0.15, 0.2) is 5.78 Å². The second kappa shape index (κ2) is 8.97. The fourth-order valence-corrected chi connectivity index (χ4v) is 9.21. The molecule has 1 aromatic rings. The first kappa shape index (κ1) is 23.1. The standard InChI is InChI=1S/C29H40N2O2S/c1-29-18-25(19-3-6-21(7-4-19)30-13-15-31(34-2)16-14-30)28-23-10-8-22(32)17-20(23)5-9-24(28)26(29)11-12-27(29)33/h3-4,6-7,17,23-28,33H,5,8-16,18H2,1-2H3. The van der Waals surface area contributed by atoms with E-state index >= 15 is 0 Å². The number of fused-ring (bicyclic) bond motifs is 5. The molecule has 7 unspecified atom stereocenters. The summed E-state index contributed by atoms with van der Waals surface area (Å²) < 4.78 is 2.44. The smallest absolute Gasteiger partial charge is 0.155 e. The van der Waals surface area contributed by atoms with Crippen molar-refractivity contribution < 1.29 is 9.90 Å². The highest BCUT2D eigenvalue weighted by Crippen LogP contribution is 2.65. The molecule has 1 N–H and O–H groups in total. The highest BCUT2D eigenvalue weighted by Gasteiger charge is 2.59. The first-order valence-corrected chi connectivity index (χ1v) is 14.7. The lowest BCUT2D eigenvalue weighted by Gasteiger charge is -2.57. The van der Waals surface area contributed by atoms with Crippen LogP contribution in [0.1, 0.15) is 63.4 Å². The maximum Gasteiger partial charge on any atom is 0.155 e. The molecule has 0 bridgehead atoms. The number of hydrogen-bond donors (Lipinski definition) is 1. The summed E-state index contributed by atoms with van der Waals surface area (Å²) in [5, 5.41) is 11.1. The molecule has 0 spiro atoms. The molecule has 1 saturated heterocycles. The Morgan fingerprint density at radius 3 is 2.47 bits per heavy atom. The van der Waals surface area contributed by atoms with E-state index in [1.165, 1.54) is 29.7 Å². The molecule has 4 fully saturated rings. The van der Waals surface area contributed by atoms with Crippen LogP contribution in [-0.4, -0.2) is 53.7 Å². The molecular formula is C29H40N2O2S. The van der Waals surface area contributed by atoms with Crippen LogP contribution in [0.5, 0.6) is 0 Å². The van der Waals surface area contributed by atoms with Crippen molar-refractivity contribution in [3.63, 3.8) is 0 Å². The lowest BCUT2D eigenvalue weighted by Crippen LogP contribution is -2.50. The fraction of sp³-hybridized carbons (Fsp3) is 0.690. The largest absolute Gasteiger partial charge is 0.393 e. The highest BCUT2D eigenvalue weighted by molar-refractivity contribution is 7.96. The Hall–Kier alpha value is -1.30. The summed E-state index contributed by atoms with van der Waals surface area (Å²) in [5.41, 5.74) is 4.27. The molecule has 6 rings (SSSR count). The minimum atomic E-state index is -0.169. The molecule has 0 amide bonds. The van der Waals surface area contributed by atoms with Crippen LogP contribution in [0, 0.1) is 29.1 Å². The Kier molecular flexibility index (Phi) is 6.10. The monoisotopic (exact) mass is 480 g/mol. The number of rotatable bonds is 3. The minimum Gasteiger partial charge on any atom is -0.393 e. The molecule has 0 radical (unpaired) electrons. The Morgan fingerprint density at radius 1 is 0.971 bits per heavy atom. The third-order valence-electron chi connectivity index (χ3n) is 10.4. The third kappa shape index (κ3) is 3.77. The van der Waals surface area contributed by atoms with Crippen molar-refractivity contribution in [1.82, 2.24) is 4.31 Å². The van der Waals surface area contributed by atoms with E-state index in [9.17, 15) is 9.90 Å². The number of nitrogens with zero attached hydrogens (tertiary/aromatic N) is 2. The summed E-state index contributed by atoms with van der Waals surface area (Å²) in [6.07, 6.45) is 11.3. The molecule has 7 atom stereocenters. The summed E-state index contributed by atoms with van der Waals surface area (Å²) in [6.45, 7) is 6.79. The summed E-state index contributed by atoms with van der Waals surface area (Å²) in [6, 6.07) is 9.50. The van der Waals surface area contributed by atoms with Crippen LogP contribution >= 0.6 is 11.9 Å². The number of aliphatic hydroxyl groups excluding tert-OH is 1. The predicted octanol–water partition coefficient (Wildman–Crippen LogP) is 5.28. The van der Waals surface area contributed by atoms with E-state index in [-0.39, 0.29) is 11.5 Å². The molecule has 1 aliphatic heterocycles. The van der Waals surface area contributed by atoms with Crippen LogP contribution in [0.15, 0.2) is 35.9 Å². The Balaban J connectivity index is 1.31. The van der Waals surface area contributed by atoms with Gasteiger partial charge in [0.25, 0.3) is 0 Å². The first-order chi connectivity index (χ1) is 16.5. The second-order valence-electron chi connectivity index (χ2n) is 11.8. The number of allylic oxidation sites excluding steroid dienone is 1. The number of aliphatic hydroxyl groups is 1. The number of piperazine rings is 1. The van der Waals surface area contributed by atoms with E-state index in [1.54, 1.807) is 0 Å². The van der Waals surface area contributed by atoms with Crippen molar-refractivity contribution in [1.29, 1.82) is 0 Å². The maximum atomic E-state index is 12.2. The molecule has 184 valence electrons. The molecular weight excluding hydrogens is 440 g/mol. The van der Waals surface area contributed by atoms with Crippen LogP contribution in [0.2, 0.25) is 0 Å². The SMILES string of the molecule is CSN1CCN(c2ccc(C3CC4(C)C(O)CCC4C4CCC5=CC(=O)CCC5C34)cc2)CC1. The minimum absolute atomic E-state index is 0.0321. The van der Waals surface area contributed by atoms with Crippen LogP contribution < -0.4 is 4.90 Å². The van der Waals surface area contributed by atoms with Gasteiger partial charge < -0.3 is 10.0 Å². The van der Waals surface area contributed by atoms with Gasteiger partial charge in [-0.15, -0.1) is 0 Å². The van der Waals surface area contributed by atoms with E-state index < -0.39 is 0 Å². The maximum absolute atomic E-state index is 12.2. The van der Waals surface area contributed by atoms with Gasteiger partial charge in [-0.3, -0.25) is 4.79 Å². The summed E-state index contributed by atoms with van der Waals surface area (Å²) in [5.74, 6) is 3.30. The van der Waals surface area contributed by atoms with Gasteiger partial charge in [0, 0.05) is 38.3 Å². The Labute approximate surface area is 209 Å². The van der Waals surface area contributed by atoms with Crippen LogP contribution in [0.25, 0.3) is 0 Å². The second-order valence-corrected chi connectivity index (χ2v) is 12.7. The van der Waals surface area contributed by atoms with E-state index in [0.717, 1.165) is 58.3 Å². The van der Waals surface area contributed by atoms with Crippen molar-refractivity contribution in [2.45, 2.75) is 63.9 Å². The van der Waals surface area contributed by atoms with E-state index in [2.05, 4.69) is 46.7 Å². The third-order valence-corrected chi connectivity index (χ3v) is 11.3. The molecule has 1 aromatic carbocycles. The molecule has 3 saturated carbocycles. The topological polar surface area (TPSA) is 43.8 Å². The molecule has 5 aliphatic rings. The van der Waals surface area contributed by atoms with E-state index in [1.807, 2.05) is 18.0 Å². The number of anilines is 1. The molecule has 1 heterocycles. The number of hydrogen-bond acceptors (Lipinski definition) is 5. The van der Waals surface area contributed by atoms with Crippen molar-refractivity contribution in [2.75, 3.05) is 37.3 Å². The molecule has 0 aromatic heterocycles. The van der Waals surface area contributed by atoms with Crippen molar-refractivity contribution in [2.24, 2.45) is 29.1 Å². The predicted molar refractivity (Wildman–Crippen MR) is 140 cm³/mol. The van der Waals surface area contributed by atoms with Gasteiger partial charge in [-0.1, -0.05) is 36.6 Å². The quantitative estimate of drug-likeness (QED) is 0.596. The molecule has 5 heteroatoms. The van der Waals surface area contributed by atoms with Crippen LogP contribution in [-0.2, 0) is 4.79 Å². The summed E-state index contributed by atoms with van der Waals surface area (Å²) >= 11 is 1.85. The van der Waals surface area contributed by atoms with Gasteiger partial charge in [-0.25, -0.2) is 4.31 Å². The van der Waals surface area contributed by atoms with Crippen LogP contribution in [0.4, 0.5) is 5.69 Å². The number of carbonyl (C=O) groups is 1. The fourth-order valence-electron chi connectivity index (χ4n) is 8.68. The van der Waals surface area contributed by atoms with Gasteiger partial charge in [0.2, 0.25) is 0 Å². The van der Waals surface area contributed by atoms with Gasteiger partial charge in [0.1, 0.15) is 0 Å². The lowest BCUT2D eigenvalue weighted by molar-refractivity contribution is -0.116. The normalized spacial score (nSPS) is 40.4. The van der Waals surface area contributed by atoms with E-state index in [0.29, 0.717) is 35.4 Å². The van der Waals surface area contributed by atoms with Crippen LogP contribution in [0.3, 0.4) is 0 Å². The zero-order valence-electron chi connectivity index (χ0n) is 20.8. The number of carbonyl (C=O) groups excluding carboxylic acids is 1. The average Bonchev–Trinajstić information content (AvgIpc) is 3.17. The van der Waals surface area contributed by atoms with Crippen molar-refractivity contribution in [3.8, 4) is 0 Å². The zero-order chi connectivity index (χ0) is 23.4. The van der Waals surface area contributed by atoms with Gasteiger partial charge in [0.05, 0.1) is 6.10 Å². The van der Waals surface area contributed by atoms with Crippen molar-refractivity contribution in [3.05, 3.63) is 41.5 Å². The Bertz CT molecular complexity index is 953. The van der Waals surface area contributed by atoms with E-state index in [4.69, 9.17) is 0 Å². The Morgan fingerprint density at radius 2 is 1.74 bits per heavy atom. The number of ketones is 1. The molecule has 34 heavy (non-hydrogen) atoms. The molecule has 4 aliphatic carbocycles. The van der Waals surface area contributed by atoms with Crippen molar-refractivity contribution >= 4 is 23.4 Å². The summed E-state index contributed by atoms with van der Waals surface area (Å²) in [7, 11) is 0. The lowest BCUT2D eigenvalue weighted by atomic mass is 9.48. The first-order valence-electron chi connectivity index (χ1n) is 13.5. The summed E-state index contributed by atoms with van der Waals surface area (Å²) in [4.78, 5) is 14.7. The van der Waals surface area contributed by atoms with Gasteiger partial charge >= 0.3 is 0 Å². The highest BCUT2D eigenvalue weighted by atomic mass is 32.2. The average molecular weight is 481 g/mol. The molecule has 4 nitrogen and oxygen atoms in total. The van der Waals surface area contributed by atoms with Gasteiger partial charge in [-0.05, 0) is 104 Å². The number of benzene rings is 1.